The summed E-state index contributed by atoms with van der Waals surface area (Å²) in [6.45, 7) is 8.09. The van der Waals surface area contributed by atoms with Crippen molar-refractivity contribution >= 4 is 21.8 Å². The summed E-state index contributed by atoms with van der Waals surface area (Å²) in [5, 5.41) is -0.452. The van der Waals surface area contributed by atoms with Gasteiger partial charge < -0.3 is 9.80 Å². The van der Waals surface area contributed by atoms with Gasteiger partial charge in [-0.1, -0.05) is 60.7 Å². The Hall–Kier alpha value is -3.60. The zero-order valence-electron chi connectivity index (χ0n) is 26.9. The first-order chi connectivity index (χ1) is 22.2. The zero-order valence-corrected chi connectivity index (χ0v) is 27.7. The van der Waals surface area contributed by atoms with E-state index in [1.165, 1.54) is 4.31 Å². The van der Waals surface area contributed by atoms with Crippen molar-refractivity contribution in [3.8, 4) is 22.5 Å². The van der Waals surface area contributed by atoms with Gasteiger partial charge in [0.05, 0.1) is 22.6 Å². The number of rotatable bonds is 7. The Morgan fingerprint density at radius 2 is 1.30 bits per heavy atom. The number of nitrogens with zero attached hydrogens (tertiary/aromatic N) is 5. The number of carbonyl (C=O) groups is 2. The van der Waals surface area contributed by atoms with Gasteiger partial charge in [-0.05, 0) is 58.2 Å². The minimum atomic E-state index is -3.30. The minimum Gasteiger partial charge on any atom is -0.340 e. The summed E-state index contributed by atoms with van der Waals surface area (Å²) >= 11 is 0. The first kappa shape index (κ1) is 32.3. The Morgan fingerprint density at radius 3 is 1.85 bits per heavy atom. The fourth-order valence-corrected chi connectivity index (χ4v) is 8.31. The number of piperazine rings is 1. The molecule has 0 N–H and O–H groups in total. The van der Waals surface area contributed by atoms with E-state index in [4.69, 9.17) is 4.98 Å². The molecule has 6 rings (SSSR count). The number of sulfonamides is 1. The van der Waals surface area contributed by atoms with Gasteiger partial charge in [0.25, 0.3) is 5.91 Å². The predicted molar refractivity (Wildman–Crippen MR) is 181 cm³/mol. The molecule has 3 aromatic rings. The van der Waals surface area contributed by atoms with Crippen LogP contribution in [0.3, 0.4) is 0 Å². The van der Waals surface area contributed by atoms with E-state index in [0.717, 1.165) is 61.3 Å². The first-order valence-electron chi connectivity index (χ1n) is 16.6. The second kappa shape index (κ2) is 14.0. The van der Waals surface area contributed by atoms with Crippen molar-refractivity contribution in [2.75, 3.05) is 52.4 Å². The number of carbonyl (C=O) groups excluding carboxylic acids is 2. The van der Waals surface area contributed by atoms with E-state index < -0.39 is 15.3 Å². The van der Waals surface area contributed by atoms with Crippen LogP contribution in [0.15, 0.2) is 72.8 Å². The smallest absolute Gasteiger partial charge is 0.254 e. The van der Waals surface area contributed by atoms with E-state index in [2.05, 4.69) is 4.90 Å². The number of hydrogen-bond donors (Lipinski definition) is 0. The molecule has 0 spiro atoms. The van der Waals surface area contributed by atoms with Gasteiger partial charge in [0, 0.05) is 68.5 Å². The van der Waals surface area contributed by atoms with Gasteiger partial charge in [-0.15, -0.1) is 0 Å². The van der Waals surface area contributed by atoms with E-state index in [1.54, 1.807) is 13.8 Å². The van der Waals surface area contributed by atoms with E-state index in [0.29, 0.717) is 50.9 Å². The molecular formula is C36H45N5O4S. The number of benzene rings is 2. The summed E-state index contributed by atoms with van der Waals surface area (Å²) in [5.41, 5.74) is 4.17. The molecule has 0 radical (unpaired) electrons. The third-order valence-corrected chi connectivity index (χ3v) is 12.1. The lowest BCUT2D eigenvalue weighted by molar-refractivity contribution is -0.139. The normalized spacial score (nSPS) is 20.6. The van der Waals surface area contributed by atoms with Crippen molar-refractivity contribution in [2.24, 2.45) is 5.92 Å². The van der Waals surface area contributed by atoms with E-state index >= 15 is 0 Å². The zero-order chi connectivity index (χ0) is 32.3. The van der Waals surface area contributed by atoms with Gasteiger partial charge in [0.2, 0.25) is 15.9 Å². The van der Waals surface area contributed by atoms with Crippen LogP contribution < -0.4 is 0 Å². The number of pyridine rings is 1. The molecule has 0 bridgehead atoms. The van der Waals surface area contributed by atoms with Crippen LogP contribution in [0.1, 0.15) is 49.9 Å². The Kier molecular flexibility index (Phi) is 9.86. The van der Waals surface area contributed by atoms with Crippen LogP contribution in [0.5, 0.6) is 0 Å². The highest BCUT2D eigenvalue weighted by atomic mass is 32.2. The third kappa shape index (κ3) is 7.04. The molecule has 1 atom stereocenters. The Balaban J connectivity index is 1.07. The summed E-state index contributed by atoms with van der Waals surface area (Å²) < 4.78 is 26.7. The highest BCUT2D eigenvalue weighted by Gasteiger charge is 2.37. The topological polar surface area (TPSA) is 94.1 Å². The number of piperidine rings is 2. The molecule has 9 nitrogen and oxygen atoms in total. The molecule has 1 aromatic heterocycles. The second-order valence-electron chi connectivity index (χ2n) is 13.0. The molecule has 0 aliphatic carbocycles. The SMILES string of the molecule is CC(C)S(=O)(=O)N1CCN(C(=O)[C@@H]2CCCN(C3CCN(C(=O)c4cc(-c5ccccc5)nc(-c5ccccc5)c4)CC3)C2)CC1. The summed E-state index contributed by atoms with van der Waals surface area (Å²) in [7, 11) is -3.30. The van der Waals surface area contributed by atoms with Crippen molar-refractivity contribution in [3.63, 3.8) is 0 Å². The van der Waals surface area contributed by atoms with Crippen molar-refractivity contribution in [1.29, 1.82) is 0 Å². The van der Waals surface area contributed by atoms with E-state index in [9.17, 15) is 18.0 Å². The maximum absolute atomic E-state index is 13.9. The van der Waals surface area contributed by atoms with Crippen molar-refractivity contribution in [3.05, 3.63) is 78.4 Å². The Morgan fingerprint density at radius 1 is 0.739 bits per heavy atom. The van der Waals surface area contributed by atoms with Crippen molar-refractivity contribution < 1.29 is 18.0 Å². The second-order valence-corrected chi connectivity index (χ2v) is 15.5. The summed E-state index contributed by atoms with van der Waals surface area (Å²) in [4.78, 5) is 38.6. The molecular weight excluding hydrogens is 598 g/mol. The fourth-order valence-electron chi connectivity index (χ4n) is 7.04. The highest BCUT2D eigenvalue weighted by Crippen LogP contribution is 2.29. The summed E-state index contributed by atoms with van der Waals surface area (Å²) in [6.07, 6.45) is 3.59. The average molecular weight is 644 g/mol. The Labute approximate surface area is 273 Å². The highest BCUT2D eigenvalue weighted by molar-refractivity contribution is 7.89. The Bertz CT molecular complexity index is 1560. The van der Waals surface area contributed by atoms with Crippen LogP contribution in [0.2, 0.25) is 0 Å². The first-order valence-corrected chi connectivity index (χ1v) is 18.1. The van der Waals surface area contributed by atoms with Crippen LogP contribution in [-0.4, -0.2) is 108 Å². The number of hydrogen-bond acceptors (Lipinski definition) is 6. The van der Waals surface area contributed by atoms with Gasteiger partial charge in [-0.3, -0.25) is 14.5 Å². The molecule has 0 saturated carbocycles. The molecule has 0 unspecified atom stereocenters. The molecule has 2 aromatic carbocycles. The number of amides is 2. The van der Waals surface area contributed by atoms with Crippen LogP contribution in [0, 0.1) is 5.92 Å². The molecule has 46 heavy (non-hydrogen) atoms. The molecule has 10 heteroatoms. The van der Waals surface area contributed by atoms with Crippen molar-refractivity contribution in [1.82, 2.24) is 24.0 Å². The van der Waals surface area contributed by atoms with Crippen LogP contribution in [0.25, 0.3) is 22.5 Å². The molecule has 3 aliphatic heterocycles. The maximum Gasteiger partial charge on any atom is 0.254 e. The standard InChI is InChI=1S/C36H45N5O4S/c1-27(2)46(44,45)41-22-20-39(21-23-41)35(42)30-14-9-17-40(26-30)32-15-18-38(19-16-32)36(43)31-24-33(28-10-5-3-6-11-28)37-34(25-31)29-12-7-4-8-13-29/h3-8,10-13,24-25,27,30,32H,9,14-23,26H2,1-2H3/t30-/m1/s1. The van der Waals surface area contributed by atoms with Gasteiger partial charge >= 0.3 is 0 Å². The van der Waals surface area contributed by atoms with Gasteiger partial charge in [-0.2, -0.15) is 4.31 Å². The van der Waals surface area contributed by atoms with Crippen LogP contribution in [0.4, 0.5) is 0 Å². The molecule has 3 fully saturated rings. The molecule has 2 amide bonds. The monoisotopic (exact) mass is 643 g/mol. The van der Waals surface area contributed by atoms with Gasteiger partial charge in [0.15, 0.2) is 0 Å². The lowest BCUT2D eigenvalue weighted by Crippen LogP contribution is -2.55. The lowest BCUT2D eigenvalue weighted by atomic mass is 9.92. The minimum absolute atomic E-state index is 0.0283. The molecule has 244 valence electrons. The quantitative estimate of drug-likeness (QED) is 0.373. The van der Waals surface area contributed by atoms with Crippen LogP contribution in [-0.2, 0) is 14.8 Å². The maximum atomic E-state index is 13.9. The largest absolute Gasteiger partial charge is 0.340 e. The van der Waals surface area contributed by atoms with Crippen LogP contribution >= 0.6 is 0 Å². The molecule has 4 heterocycles. The number of aromatic nitrogens is 1. The van der Waals surface area contributed by atoms with Crippen molar-refractivity contribution in [2.45, 2.75) is 50.8 Å². The third-order valence-electron chi connectivity index (χ3n) is 9.79. The van der Waals surface area contributed by atoms with E-state index in [1.807, 2.05) is 82.6 Å². The average Bonchev–Trinajstić information content (AvgIpc) is 3.11. The summed E-state index contributed by atoms with van der Waals surface area (Å²) in [5.74, 6) is 0.117. The lowest BCUT2D eigenvalue weighted by Gasteiger charge is -2.43. The predicted octanol–water partition coefficient (Wildman–Crippen LogP) is 4.61. The van der Waals surface area contributed by atoms with Gasteiger partial charge in [-0.25, -0.2) is 13.4 Å². The molecule has 3 saturated heterocycles. The van der Waals surface area contributed by atoms with E-state index in [-0.39, 0.29) is 17.7 Å². The number of likely N-dealkylation sites (tertiary alicyclic amines) is 2. The van der Waals surface area contributed by atoms with Gasteiger partial charge in [0.1, 0.15) is 0 Å². The fraction of sp³-hybridized carbons (Fsp3) is 0.472. The summed E-state index contributed by atoms with van der Waals surface area (Å²) in [6, 6.07) is 24.1. The molecule has 3 aliphatic rings.